The molecule has 0 spiro atoms. The molecule has 0 fully saturated rings. The Bertz CT molecular complexity index is 930. The van der Waals surface area contributed by atoms with Gasteiger partial charge in [-0.05, 0) is 29.8 Å². The Morgan fingerprint density at radius 1 is 0.731 bits per heavy atom. The SMILES string of the molecule is C[Si](C)(C(=O)Cc1ccc(C#Cc2ccccc2)cc1)c1ccccc1. The van der Waals surface area contributed by atoms with Crippen LogP contribution in [0.15, 0.2) is 84.9 Å². The van der Waals surface area contributed by atoms with Gasteiger partial charge in [-0.15, -0.1) is 0 Å². The third kappa shape index (κ3) is 4.39. The quantitative estimate of drug-likeness (QED) is 0.503. The maximum Gasteiger partial charge on any atom is 0.157 e. The highest BCUT2D eigenvalue weighted by atomic mass is 28.3. The Balaban J connectivity index is 1.70. The molecule has 2 heteroatoms. The summed E-state index contributed by atoms with van der Waals surface area (Å²) in [5.41, 5.74) is 3.02. The normalized spacial score (nSPS) is 10.7. The lowest BCUT2D eigenvalue weighted by atomic mass is 10.1. The Morgan fingerprint density at radius 2 is 1.23 bits per heavy atom. The first-order valence-electron chi connectivity index (χ1n) is 8.80. The van der Waals surface area contributed by atoms with E-state index in [-0.39, 0.29) is 0 Å². The van der Waals surface area contributed by atoms with Gasteiger partial charge in [0, 0.05) is 17.5 Å². The molecule has 0 atom stereocenters. The van der Waals surface area contributed by atoms with Crippen LogP contribution in [0.4, 0.5) is 0 Å². The summed E-state index contributed by atoms with van der Waals surface area (Å²) in [6.07, 6.45) is 0.487. The second-order valence-electron chi connectivity index (χ2n) is 6.90. The van der Waals surface area contributed by atoms with Gasteiger partial charge in [-0.1, -0.05) is 90.8 Å². The van der Waals surface area contributed by atoms with Crippen LogP contribution in [0.25, 0.3) is 0 Å². The van der Waals surface area contributed by atoms with Crippen molar-refractivity contribution >= 4 is 18.7 Å². The zero-order valence-electron chi connectivity index (χ0n) is 15.2. The molecule has 0 N–H and O–H groups in total. The van der Waals surface area contributed by atoms with Crippen molar-refractivity contribution in [2.75, 3.05) is 0 Å². The van der Waals surface area contributed by atoms with Crippen molar-refractivity contribution in [1.29, 1.82) is 0 Å². The fraction of sp³-hybridized carbons (Fsp3) is 0.125. The van der Waals surface area contributed by atoms with Crippen LogP contribution in [0.5, 0.6) is 0 Å². The molecule has 128 valence electrons. The van der Waals surface area contributed by atoms with Gasteiger partial charge in [-0.25, -0.2) is 0 Å². The second-order valence-corrected chi connectivity index (χ2v) is 11.3. The smallest absolute Gasteiger partial charge is 0.157 e. The fourth-order valence-corrected chi connectivity index (χ4v) is 4.79. The first kappa shape index (κ1) is 17.9. The van der Waals surface area contributed by atoms with E-state index in [0.29, 0.717) is 11.8 Å². The minimum atomic E-state index is -2.11. The molecular weight excluding hydrogens is 332 g/mol. The van der Waals surface area contributed by atoms with E-state index in [1.54, 1.807) is 0 Å². The maximum atomic E-state index is 12.9. The van der Waals surface area contributed by atoms with E-state index in [4.69, 9.17) is 0 Å². The van der Waals surface area contributed by atoms with Gasteiger partial charge in [-0.2, -0.15) is 0 Å². The lowest BCUT2D eigenvalue weighted by Crippen LogP contribution is -2.50. The Morgan fingerprint density at radius 3 is 1.81 bits per heavy atom. The van der Waals surface area contributed by atoms with Crippen LogP contribution in [0, 0.1) is 11.8 Å². The zero-order valence-corrected chi connectivity index (χ0v) is 16.2. The molecule has 3 aromatic carbocycles. The minimum absolute atomic E-state index is 0.354. The topological polar surface area (TPSA) is 17.1 Å². The van der Waals surface area contributed by atoms with Gasteiger partial charge in [0.2, 0.25) is 0 Å². The number of benzene rings is 3. The number of carbonyl (C=O) groups is 1. The van der Waals surface area contributed by atoms with Crippen LogP contribution >= 0.6 is 0 Å². The molecule has 0 aliphatic rings. The summed E-state index contributed by atoms with van der Waals surface area (Å²) in [7, 11) is -2.11. The number of hydrogen-bond donors (Lipinski definition) is 0. The monoisotopic (exact) mass is 354 g/mol. The summed E-state index contributed by atoms with van der Waals surface area (Å²) >= 11 is 0. The Kier molecular flexibility index (Phi) is 5.51. The largest absolute Gasteiger partial charge is 0.305 e. The third-order valence-corrected chi connectivity index (χ3v) is 7.98. The van der Waals surface area contributed by atoms with Crippen molar-refractivity contribution in [3.05, 3.63) is 102 Å². The summed E-state index contributed by atoms with van der Waals surface area (Å²) in [6.45, 7) is 4.26. The van der Waals surface area contributed by atoms with E-state index in [9.17, 15) is 4.79 Å². The van der Waals surface area contributed by atoms with E-state index in [0.717, 1.165) is 16.7 Å². The highest BCUT2D eigenvalue weighted by Crippen LogP contribution is 2.11. The molecular formula is C24H22OSi. The number of hydrogen-bond acceptors (Lipinski definition) is 1. The molecule has 0 saturated carbocycles. The highest BCUT2D eigenvalue weighted by molar-refractivity contribution is 7.13. The highest BCUT2D eigenvalue weighted by Gasteiger charge is 2.31. The van der Waals surface area contributed by atoms with Gasteiger partial charge >= 0.3 is 0 Å². The second kappa shape index (κ2) is 7.99. The van der Waals surface area contributed by atoms with Crippen molar-refractivity contribution in [2.45, 2.75) is 19.5 Å². The first-order valence-corrected chi connectivity index (χ1v) is 11.8. The third-order valence-electron chi connectivity index (χ3n) is 4.64. The molecule has 0 heterocycles. The molecule has 0 unspecified atom stereocenters. The molecule has 0 amide bonds. The fourth-order valence-electron chi connectivity index (χ4n) is 2.79. The molecule has 0 aromatic heterocycles. The maximum absolute atomic E-state index is 12.9. The number of rotatable bonds is 4. The molecule has 3 rings (SSSR count). The van der Waals surface area contributed by atoms with E-state index < -0.39 is 8.07 Å². The molecule has 0 saturated heterocycles. The average Bonchev–Trinajstić information content (AvgIpc) is 2.69. The average molecular weight is 355 g/mol. The van der Waals surface area contributed by atoms with Gasteiger partial charge in [0.15, 0.2) is 8.07 Å². The van der Waals surface area contributed by atoms with Crippen molar-refractivity contribution in [2.24, 2.45) is 0 Å². The predicted octanol–water partition coefficient (Wildman–Crippen LogP) is 4.35. The van der Waals surface area contributed by atoms with Crippen LogP contribution in [0.1, 0.15) is 16.7 Å². The van der Waals surface area contributed by atoms with Crippen LogP contribution in [0.3, 0.4) is 0 Å². The van der Waals surface area contributed by atoms with Crippen LogP contribution in [-0.4, -0.2) is 13.5 Å². The summed E-state index contributed by atoms with van der Waals surface area (Å²) in [4.78, 5) is 12.9. The van der Waals surface area contributed by atoms with Crippen LogP contribution in [-0.2, 0) is 11.2 Å². The van der Waals surface area contributed by atoms with Crippen LogP contribution < -0.4 is 5.19 Å². The molecule has 3 aromatic rings. The minimum Gasteiger partial charge on any atom is -0.305 e. The van der Waals surface area contributed by atoms with Crippen molar-refractivity contribution in [3.63, 3.8) is 0 Å². The molecule has 0 bridgehead atoms. The molecule has 0 aliphatic heterocycles. The molecule has 1 nitrogen and oxygen atoms in total. The lowest BCUT2D eigenvalue weighted by molar-refractivity contribution is -0.112. The summed E-state index contributed by atoms with van der Waals surface area (Å²) in [5.74, 6) is 6.33. The van der Waals surface area contributed by atoms with Gasteiger partial charge in [0.1, 0.15) is 5.41 Å². The van der Waals surface area contributed by atoms with Crippen molar-refractivity contribution in [1.82, 2.24) is 0 Å². The predicted molar refractivity (Wildman–Crippen MR) is 111 cm³/mol. The molecule has 26 heavy (non-hydrogen) atoms. The standard InChI is InChI=1S/C24H22OSi/c1-26(2,23-11-7-4-8-12-23)24(25)19-22-17-15-21(16-18-22)14-13-20-9-5-3-6-10-20/h3-12,15-18H,19H2,1-2H3. The van der Waals surface area contributed by atoms with Gasteiger partial charge in [-0.3, -0.25) is 0 Å². The van der Waals surface area contributed by atoms with Gasteiger partial charge in [0.25, 0.3) is 0 Å². The lowest BCUT2D eigenvalue weighted by Gasteiger charge is -2.21. The van der Waals surface area contributed by atoms with E-state index in [1.807, 2.05) is 72.8 Å². The summed E-state index contributed by atoms with van der Waals surface area (Å²) < 4.78 is 0. The van der Waals surface area contributed by atoms with Gasteiger partial charge < -0.3 is 4.79 Å². The number of carbonyl (C=O) groups excluding carboxylic acids is 1. The van der Waals surface area contributed by atoms with Gasteiger partial charge in [0.05, 0.1) is 0 Å². The van der Waals surface area contributed by atoms with Crippen molar-refractivity contribution < 1.29 is 4.79 Å². The van der Waals surface area contributed by atoms with E-state index in [1.165, 1.54) is 5.19 Å². The Labute approximate surface area is 156 Å². The van der Waals surface area contributed by atoms with Crippen molar-refractivity contribution in [3.8, 4) is 11.8 Å². The zero-order chi connectivity index (χ0) is 18.4. The molecule has 0 radical (unpaired) electrons. The molecule has 0 aliphatic carbocycles. The summed E-state index contributed by atoms with van der Waals surface area (Å²) in [5, 5.41) is 1.54. The first-order chi connectivity index (χ1) is 12.6. The Hall–Kier alpha value is -2.89. The van der Waals surface area contributed by atoms with Crippen LogP contribution in [0.2, 0.25) is 13.1 Å². The van der Waals surface area contributed by atoms with E-state index in [2.05, 4.69) is 37.1 Å². The summed E-state index contributed by atoms with van der Waals surface area (Å²) in [6, 6.07) is 28.1. The van der Waals surface area contributed by atoms with E-state index >= 15 is 0 Å².